The molecule has 6 heteroatoms. The molecule has 3 N–H and O–H groups in total. The van der Waals surface area contributed by atoms with Gasteiger partial charge in [-0.05, 0) is 43.0 Å². The molecule has 0 aromatic heterocycles. The van der Waals surface area contributed by atoms with E-state index in [0.29, 0.717) is 17.4 Å². The number of carbonyl (C=O) groups is 2. The predicted octanol–water partition coefficient (Wildman–Crippen LogP) is 2.69. The Morgan fingerprint density at radius 1 is 1.07 bits per heavy atom. The highest BCUT2D eigenvalue weighted by atomic mass is 16.5. The average molecular weight is 399 g/mol. The molecule has 29 heavy (non-hydrogen) atoms. The summed E-state index contributed by atoms with van der Waals surface area (Å²) in [7, 11) is 3.43. The van der Waals surface area contributed by atoms with Gasteiger partial charge in [0.2, 0.25) is 0 Å². The molecule has 0 bridgehead atoms. The summed E-state index contributed by atoms with van der Waals surface area (Å²) in [5, 5.41) is 5.89. The van der Waals surface area contributed by atoms with Crippen molar-refractivity contribution < 1.29 is 19.2 Å². The summed E-state index contributed by atoms with van der Waals surface area (Å²) in [6.07, 6.45) is 0.998. The number of hydrogen-bond acceptors (Lipinski definition) is 3. The third-order valence-electron chi connectivity index (χ3n) is 5.29. The van der Waals surface area contributed by atoms with Crippen molar-refractivity contribution in [3.8, 4) is 5.75 Å². The first kappa shape index (κ1) is 22.4. The van der Waals surface area contributed by atoms with Crippen LogP contribution in [0, 0.1) is 0 Å². The molecule has 2 aromatic carbocycles. The van der Waals surface area contributed by atoms with Gasteiger partial charge in [0.1, 0.15) is 5.75 Å². The zero-order valence-corrected chi connectivity index (χ0v) is 17.9. The number of rotatable bonds is 9. The van der Waals surface area contributed by atoms with Crippen LogP contribution in [0.2, 0.25) is 0 Å². The second kappa shape index (κ2) is 10.6. The lowest BCUT2D eigenvalue weighted by atomic mass is 9.97. The van der Waals surface area contributed by atoms with Crippen LogP contribution in [-0.2, 0) is 9.59 Å². The van der Waals surface area contributed by atoms with Gasteiger partial charge in [-0.2, -0.15) is 0 Å². The lowest BCUT2D eigenvalue weighted by Gasteiger charge is -2.22. The Hall–Kier alpha value is -2.86. The third-order valence-corrected chi connectivity index (χ3v) is 5.29. The van der Waals surface area contributed by atoms with Gasteiger partial charge in [0.05, 0.1) is 14.2 Å². The van der Waals surface area contributed by atoms with Gasteiger partial charge in [-0.3, -0.25) is 9.59 Å². The van der Waals surface area contributed by atoms with E-state index in [0.717, 1.165) is 22.6 Å². The summed E-state index contributed by atoms with van der Waals surface area (Å²) >= 11 is 0. The standard InChI is InChI=1S/C23H31N3O3/c1-6-16(2)20-12-7-8-13-21(20)25-23(28)17(3)26(4)15-22(27)24-18-10-9-11-19(14-18)29-5/h7-14,16-17H,6,15H2,1-5H3,(H,24,27)(H,25,28)/p+1/t16-,17+/m0/s1. The first-order valence-corrected chi connectivity index (χ1v) is 10.0. The molecule has 0 heterocycles. The van der Waals surface area contributed by atoms with E-state index in [2.05, 4.69) is 24.5 Å². The van der Waals surface area contributed by atoms with Crippen LogP contribution in [0.4, 0.5) is 11.4 Å². The van der Waals surface area contributed by atoms with Gasteiger partial charge >= 0.3 is 0 Å². The molecule has 0 saturated heterocycles. The highest BCUT2D eigenvalue weighted by Gasteiger charge is 2.25. The number of nitrogens with one attached hydrogen (secondary N) is 3. The van der Waals surface area contributed by atoms with Gasteiger partial charge in [0.15, 0.2) is 12.6 Å². The Morgan fingerprint density at radius 3 is 2.48 bits per heavy atom. The number of anilines is 2. The van der Waals surface area contributed by atoms with Crippen molar-refractivity contribution in [2.45, 2.75) is 39.2 Å². The largest absolute Gasteiger partial charge is 0.497 e. The second-order valence-electron chi connectivity index (χ2n) is 7.41. The number of benzene rings is 2. The molecule has 0 spiro atoms. The van der Waals surface area contributed by atoms with Crippen LogP contribution in [0.15, 0.2) is 48.5 Å². The Morgan fingerprint density at radius 2 is 1.79 bits per heavy atom. The van der Waals surface area contributed by atoms with E-state index in [1.54, 1.807) is 19.2 Å². The molecule has 6 nitrogen and oxygen atoms in total. The number of hydrogen-bond donors (Lipinski definition) is 3. The molecule has 0 aliphatic rings. The summed E-state index contributed by atoms with van der Waals surface area (Å²) in [5.41, 5.74) is 2.64. The molecule has 3 atom stereocenters. The minimum absolute atomic E-state index is 0.104. The van der Waals surface area contributed by atoms with Gasteiger partial charge in [-0.1, -0.05) is 38.1 Å². The molecule has 2 rings (SSSR count). The van der Waals surface area contributed by atoms with Crippen LogP contribution in [-0.4, -0.2) is 38.6 Å². The quantitative estimate of drug-likeness (QED) is 0.608. The topological polar surface area (TPSA) is 71.9 Å². The smallest absolute Gasteiger partial charge is 0.282 e. The van der Waals surface area contributed by atoms with Crippen LogP contribution in [0.5, 0.6) is 5.75 Å². The Labute approximate surface area is 173 Å². The number of carbonyl (C=O) groups excluding carboxylic acids is 2. The van der Waals surface area contributed by atoms with Crippen molar-refractivity contribution in [2.24, 2.45) is 0 Å². The maximum absolute atomic E-state index is 12.8. The Bertz CT molecular complexity index is 838. The zero-order chi connectivity index (χ0) is 21.4. The maximum atomic E-state index is 12.8. The fourth-order valence-electron chi connectivity index (χ4n) is 3.04. The summed E-state index contributed by atoms with van der Waals surface area (Å²) in [4.78, 5) is 26.0. The van der Waals surface area contributed by atoms with Crippen molar-refractivity contribution in [3.05, 3.63) is 54.1 Å². The van der Waals surface area contributed by atoms with E-state index in [1.807, 2.05) is 50.4 Å². The molecule has 1 unspecified atom stereocenters. The van der Waals surface area contributed by atoms with Gasteiger partial charge in [0.25, 0.3) is 11.8 Å². The minimum atomic E-state index is -0.379. The first-order valence-electron chi connectivity index (χ1n) is 10.0. The van der Waals surface area contributed by atoms with Gasteiger partial charge < -0.3 is 20.3 Å². The zero-order valence-electron chi connectivity index (χ0n) is 17.9. The maximum Gasteiger partial charge on any atom is 0.282 e. The third kappa shape index (κ3) is 6.32. The van der Waals surface area contributed by atoms with Crippen LogP contribution in [0.25, 0.3) is 0 Å². The van der Waals surface area contributed by atoms with E-state index in [-0.39, 0.29) is 24.4 Å². The summed E-state index contributed by atoms with van der Waals surface area (Å²) in [5.74, 6) is 0.777. The van der Waals surface area contributed by atoms with E-state index >= 15 is 0 Å². The average Bonchev–Trinajstić information content (AvgIpc) is 2.72. The van der Waals surface area contributed by atoms with Crippen molar-refractivity contribution in [2.75, 3.05) is 31.3 Å². The van der Waals surface area contributed by atoms with Crippen molar-refractivity contribution in [1.82, 2.24) is 0 Å². The molecule has 0 radical (unpaired) electrons. The van der Waals surface area contributed by atoms with Crippen molar-refractivity contribution >= 4 is 23.2 Å². The number of ether oxygens (including phenoxy) is 1. The van der Waals surface area contributed by atoms with E-state index in [4.69, 9.17) is 4.74 Å². The Balaban J connectivity index is 1.96. The van der Waals surface area contributed by atoms with Crippen molar-refractivity contribution in [1.29, 1.82) is 0 Å². The number of para-hydroxylation sites is 1. The fourth-order valence-corrected chi connectivity index (χ4v) is 3.04. The first-order chi connectivity index (χ1) is 13.8. The van der Waals surface area contributed by atoms with Gasteiger partial charge in [0, 0.05) is 17.4 Å². The van der Waals surface area contributed by atoms with Crippen LogP contribution in [0.1, 0.15) is 38.7 Å². The minimum Gasteiger partial charge on any atom is -0.497 e. The summed E-state index contributed by atoms with van der Waals surface area (Å²) in [6, 6.07) is 14.7. The lowest BCUT2D eigenvalue weighted by molar-refractivity contribution is -0.885. The molecule has 0 aliphatic heterocycles. The molecule has 0 fully saturated rings. The summed E-state index contributed by atoms with van der Waals surface area (Å²) in [6.45, 7) is 6.29. The molecule has 2 amide bonds. The highest BCUT2D eigenvalue weighted by Crippen LogP contribution is 2.26. The van der Waals surface area contributed by atoms with E-state index in [9.17, 15) is 9.59 Å². The normalized spacial score (nSPS) is 13.8. The molecule has 0 saturated carbocycles. The SMILES string of the molecule is CC[C@H](C)c1ccccc1NC(=O)[C@@H](C)[NH+](C)CC(=O)Nc1cccc(OC)c1. The Kier molecular flexibility index (Phi) is 8.21. The monoisotopic (exact) mass is 398 g/mol. The second-order valence-corrected chi connectivity index (χ2v) is 7.41. The fraction of sp³-hybridized carbons (Fsp3) is 0.391. The molecule has 2 aromatic rings. The number of quaternary nitrogens is 1. The van der Waals surface area contributed by atoms with Gasteiger partial charge in [-0.25, -0.2) is 0 Å². The van der Waals surface area contributed by atoms with Crippen LogP contribution in [0.3, 0.4) is 0 Å². The summed E-state index contributed by atoms with van der Waals surface area (Å²) < 4.78 is 5.17. The van der Waals surface area contributed by atoms with Crippen LogP contribution < -0.4 is 20.3 Å². The van der Waals surface area contributed by atoms with E-state index in [1.165, 1.54) is 0 Å². The molecule has 156 valence electrons. The van der Waals surface area contributed by atoms with Gasteiger partial charge in [-0.15, -0.1) is 0 Å². The number of likely N-dealkylation sites (N-methyl/N-ethyl adjacent to an activating group) is 1. The predicted molar refractivity (Wildman–Crippen MR) is 117 cm³/mol. The highest BCUT2D eigenvalue weighted by molar-refractivity contribution is 5.95. The van der Waals surface area contributed by atoms with E-state index < -0.39 is 0 Å². The van der Waals surface area contributed by atoms with Crippen molar-refractivity contribution in [3.63, 3.8) is 0 Å². The lowest BCUT2D eigenvalue weighted by Crippen LogP contribution is -3.14. The number of amides is 2. The van der Waals surface area contributed by atoms with Crippen LogP contribution >= 0.6 is 0 Å². The number of methoxy groups -OCH3 is 1. The molecular formula is C23H32N3O3+. The molecule has 0 aliphatic carbocycles. The molecular weight excluding hydrogens is 366 g/mol.